The van der Waals surface area contributed by atoms with Gasteiger partial charge in [0.15, 0.2) is 0 Å². The van der Waals surface area contributed by atoms with E-state index in [0.29, 0.717) is 5.25 Å². The molecule has 0 aromatic carbocycles. The highest BCUT2D eigenvalue weighted by Gasteiger charge is 2.22. The van der Waals surface area contributed by atoms with Gasteiger partial charge in [-0.2, -0.15) is 5.26 Å². The van der Waals surface area contributed by atoms with E-state index in [4.69, 9.17) is 0 Å². The first-order valence-corrected chi connectivity index (χ1v) is 7.53. The average Bonchev–Trinajstić information content (AvgIpc) is 2.28. The summed E-state index contributed by atoms with van der Waals surface area (Å²) in [6.45, 7) is 6.33. The summed E-state index contributed by atoms with van der Waals surface area (Å²) < 4.78 is 0. The van der Waals surface area contributed by atoms with Crippen molar-refractivity contribution in [3.05, 3.63) is 22.9 Å². The Morgan fingerprint density at radius 2 is 2.17 bits per heavy atom. The zero-order chi connectivity index (χ0) is 13.1. The number of aromatic nitrogens is 1. The standard InChI is InChI=1S/C15H20N2S/c1-10-5-4-6-13(7-10)18-15-14(9-16)11(2)8-12(3)17-15/h8,10,13H,4-7H2,1-3H3. The normalized spacial score (nSPS) is 23.7. The van der Waals surface area contributed by atoms with Crippen LogP contribution in [0.2, 0.25) is 0 Å². The van der Waals surface area contributed by atoms with Gasteiger partial charge in [-0.1, -0.05) is 19.8 Å². The highest BCUT2D eigenvalue weighted by molar-refractivity contribution is 7.99. The van der Waals surface area contributed by atoms with Gasteiger partial charge >= 0.3 is 0 Å². The molecule has 1 saturated carbocycles. The SMILES string of the molecule is Cc1cc(C)c(C#N)c(SC2CCCC(C)C2)n1. The molecule has 0 N–H and O–H groups in total. The molecule has 1 fully saturated rings. The van der Waals surface area contributed by atoms with Crippen LogP contribution in [-0.2, 0) is 0 Å². The molecular formula is C15H20N2S. The molecule has 1 aromatic heterocycles. The Labute approximate surface area is 114 Å². The molecule has 0 bridgehead atoms. The van der Waals surface area contributed by atoms with E-state index in [2.05, 4.69) is 18.0 Å². The van der Waals surface area contributed by atoms with Crippen molar-refractivity contribution in [2.24, 2.45) is 5.92 Å². The molecule has 96 valence electrons. The van der Waals surface area contributed by atoms with E-state index in [1.807, 2.05) is 31.7 Å². The van der Waals surface area contributed by atoms with Crippen molar-refractivity contribution < 1.29 is 0 Å². The minimum absolute atomic E-state index is 0.634. The molecule has 2 unspecified atom stereocenters. The van der Waals surface area contributed by atoms with E-state index in [9.17, 15) is 5.26 Å². The molecule has 1 aromatic rings. The second kappa shape index (κ2) is 5.75. The van der Waals surface area contributed by atoms with Gasteiger partial charge in [0.25, 0.3) is 0 Å². The van der Waals surface area contributed by atoms with Gasteiger partial charge < -0.3 is 0 Å². The Hall–Kier alpha value is -1.01. The first-order chi connectivity index (χ1) is 8.60. The Morgan fingerprint density at radius 1 is 1.39 bits per heavy atom. The Morgan fingerprint density at radius 3 is 2.83 bits per heavy atom. The van der Waals surface area contributed by atoms with Crippen molar-refractivity contribution in [2.45, 2.75) is 56.7 Å². The van der Waals surface area contributed by atoms with Crippen LogP contribution in [0, 0.1) is 31.1 Å². The van der Waals surface area contributed by atoms with Crippen molar-refractivity contribution >= 4 is 11.8 Å². The van der Waals surface area contributed by atoms with E-state index in [1.165, 1.54) is 25.7 Å². The minimum Gasteiger partial charge on any atom is -0.245 e. The quantitative estimate of drug-likeness (QED) is 0.798. The lowest BCUT2D eigenvalue weighted by Crippen LogP contribution is -2.15. The van der Waals surface area contributed by atoms with Crippen LogP contribution >= 0.6 is 11.8 Å². The third kappa shape index (κ3) is 3.05. The van der Waals surface area contributed by atoms with Gasteiger partial charge in [0.1, 0.15) is 11.1 Å². The van der Waals surface area contributed by atoms with Crippen LogP contribution in [0.4, 0.5) is 0 Å². The van der Waals surface area contributed by atoms with Gasteiger partial charge in [0.2, 0.25) is 0 Å². The second-order valence-corrected chi connectivity index (χ2v) is 6.67. The fourth-order valence-corrected chi connectivity index (χ4v) is 4.21. The topological polar surface area (TPSA) is 36.7 Å². The van der Waals surface area contributed by atoms with Crippen LogP contribution in [-0.4, -0.2) is 10.2 Å². The van der Waals surface area contributed by atoms with Gasteiger partial charge in [-0.3, -0.25) is 0 Å². The lowest BCUT2D eigenvalue weighted by atomic mass is 9.91. The van der Waals surface area contributed by atoms with Crippen LogP contribution in [0.15, 0.2) is 11.1 Å². The molecule has 0 radical (unpaired) electrons. The predicted octanol–water partition coefficient (Wildman–Crippen LogP) is 4.24. The molecule has 0 saturated heterocycles. The Bertz CT molecular complexity index is 476. The monoisotopic (exact) mass is 260 g/mol. The van der Waals surface area contributed by atoms with Gasteiger partial charge in [-0.05, 0) is 44.2 Å². The largest absolute Gasteiger partial charge is 0.245 e. The van der Waals surface area contributed by atoms with Crippen molar-refractivity contribution in [1.29, 1.82) is 5.26 Å². The number of nitriles is 1. The molecule has 2 rings (SSSR count). The van der Waals surface area contributed by atoms with Crippen molar-refractivity contribution in [3.8, 4) is 6.07 Å². The second-order valence-electron chi connectivity index (χ2n) is 5.38. The lowest BCUT2D eigenvalue weighted by Gasteiger charge is -2.26. The fraction of sp³-hybridized carbons (Fsp3) is 0.600. The molecule has 18 heavy (non-hydrogen) atoms. The van der Waals surface area contributed by atoms with Crippen LogP contribution in [0.25, 0.3) is 0 Å². The molecular weight excluding hydrogens is 240 g/mol. The average molecular weight is 260 g/mol. The van der Waals surface area contributed by atoms with Gasteiger partial charge in [0.05, 0.1) is 5.56 Å². The maximum Gasteiger partial charge on any atom is 0.115 e. The number of rotatable bonds is 2. The third-order valence-corrected chi connectivity index (χ3v) is 4.87. The molecule has 0 spiro atoms. The molecule has 1 aliphatic carbocycles. The Balaban J connectivity index is 2.20. The summed E-state index contributed by atoms with van der Waals surface area (Å²) in [5, 5.41) is 10.8. The molecule has 0 aliphatic heterocycles. The van der Waals surface area contributed by atoms with Crippen LogP contribution in [0.5, 0.6) is 0 Å². The smallest absolute Gasteiger partial charge is 0.115 e. The van der Waals surface area contributed by atoms with Crippen LogP contribution < -0.4 is 0 Å². The maximum atomic E-state index is 9.27. The highest BCUT2D eigenvalue weighted by Crippen LogP contribution is 2.37. The summed E-state index contributed by atoms with van der Waals surface area (Å²) in [6.07, 6.45) is 5.17. The third-order valence-electron chi connectivity index (χ3n) is 3.59. The fourth-order valence-electron chi connectivity index (χ4n) is 2.67. The van der Waals surface area contributed by atoms with E-state index >= 15 is 0 Å². The van der Waals surface area contributed by atoms with E-state index < -0.39 is 0 Å². The van der Waals surface area contributed by atoms with Crippen LogP contribution in [0.3, 0.4) is 0 Å². The zero-order valence-electron chi connectivity index (χ0n) is 11.4. The molecule has 0 amide bonds. The van der Waals surface area contributed by atoms with E-state index in [1.54, 1.807) is 0 Å². The summed E-state index contributed by atoms with van der Waals surface area (Å²) in [5.41, 5.74) is 2.83. The lowest BCUT2D eigenvalue weighted by molar-refractivity contribution is 0.394. The summed E-state index contributed by atoms with van der Waals surface area (Å²) >= 11 is 1.81. The first-order valence-electron chi connectivity index (χ1n) is 6.65. The molecule has 2 nitrogen and oxygen atoms in total. The molecule has 2 atom stereocenters. The molecule has 3 heteroatoms. The molecule has 1 aliphatic rings. The number of aryl methyl sites for hydroxylation is 2. The number of thioether (sulfide) groups is 1. The van der Waals surface area contributed by atoms with Gasteiger partial charge in [-0.25, -0.2) is 4.98 Å². The van der Waals surface area contributed by atoms with Crippen molar-refractivity contribution in [1.82, 2.24) is 4.98 Å². The summed E-state index contributed by atoms with van der Waals surface area (Å²) in [4.78, 5) is 4.56. The maximum absolute atomic E-state index is 9.27. The minimum atomic E-state index is 0.634. The van der Waals surface area contributed by atoms with E-state index in [-0.39, 0.29) is 0 Å². The summed E-state index contributed by atoms with van der Waals surface area (Å²) in [5.74, 6) is 0.813. The Kier molecular flexibility index (Phi) is 4.29. The highest BCUT2D eigenvalue weighted by atomic mass is 32.2. The number of pyridine rings is 1. The number of nitrogens with zero attached hydrogens (tertiary/aromatic N) is 2. The predicted molar refractivity (Wildman–Crippen MR) is 75.7 cm³/mol. The zero-order valence-corrected chi connectivity index (χ0v) is 12.2. The first kappa shape index (κ1) is 13.4. The van der Waals surface area contributed by atoms with Crippen LogP contribution in [0.1, 0.15) is 49.4 Å². The van der Waals surface area contributed by atoms with E-state index in [0.717, 1.165) is 27.8 Å². The van der Waals surface area contributed by atoms with Gasteiger partial charge in [-0.15, -0.1) is 11.8 Å². The van der Waals surface area contributed by atoms with Crippen molar-refractivity contribution in [3.63, 3.8) is 0 Å². The van der Waals surface area contributed by atoms with Gasteiger partial charge in [0, 0.05) is 10.9 Å². The number of hydrogen-bond donors (Lipinski definition) is 0. The molecule has 1 heterocycles. The van der Waals surface area contributed by atoms with Crippen molar-refractivity contribution in [2.75, 3.05) is 0 Å². The summed E-state index contributed by atoms with van der Waals surface area (Å²) in [7, 11) is 0. The summed E-state index contributed by atoms with van der Waals surface area (Å²) in [6, 6.07) is 4.30. The number of hydrogen-bond acceptors (Lipinski definition) is 3.